The SMILES string of the molecule is COC(=O)c1c(C)oc(C)c1S(=O)(=O)N1CCN(C(=O)c2cccc(C(F)(F)F)c2)CC1. The number of rotatable bonds is 4. The van der Waals surface area contributed by atoms with Crippen molar-refractivity contribution in [2.24, 2.45) is 0 Å². The van der Waals surface area contributed by atoms with Gasteiger partial charge in [0.15, 0.2) is 0 Å². The van der Waals surface area contributed by atoms with E-state index in [4.69, 9.17) is 4.42 Å². The van der Waals surface area contributed by atoms with Crippen LogP contribution >= 0.6 is 0 Å². The summed E-state index contributed by atoms with van der Waals surface area (Å²) >= 11 is 0. The number of hydrogen-bond donors (Lipinski definition) is 0. The number of nitrogens with zero attached hydrogens (tertiary/aromatic N) is 2. The molecule has 0 spiro atoms. The van der Waals surface area contributed by atoms with Crippen LogP contribution in [0.25, 0.3) is 0 Å². The topological polar surface area (TPSA) is 97.1 Å². The zero-order valence-electron chi connectivity index (χ0n) is 17.5. The van der Waals surface area contributed by atoms with Crippen LogP contribution in [0.5, 0.6) is 0 Å². The van der Waals surface area contributed by atoms with E-state index in [-0.39, 0.29) is 53.7 Å². The molecule has 0 saturated carbocycles. The number of amides is 1. The number of hydrogen-bond acceptors (Lipinski definition) is 6. The number of piperazine rings is 1. The Bertz CT molecular complexity index is 1150. The summed E-state index contributed by atoms with van der Waals surface area (Å²) in [6.07, 6.45) is -4.58. The zero-order chi connectivity index (χ0) is 23.8. The van der Waals surface area contributed by atoms with Crippen molar-refractivity contribution in [1.29, 1.82) is 0 Å². The third-order valence-electron chi connectivity index (χ3n) is 5.16. The summed E-state index contributed by atoms with van der Waals surface area (Å²) in [5.74, 6) is -1.34. The minimum atomic E-state index is -4.58. The van der Waals surface area contributed by atoms with Crippen LogP contribution in [-0.2, 0) is 20.9 Å². The first-order valence-electron chi connectivity index (χ1n) is 9.53. The number of aryl methyl sites for hydroxylation is 2. The van der Waals surface area contributed by atoms with E-state index in [0.717, 1.165) is 29.6 Å². The Morgan fingerprint density at radius 1 is 1.06 bits per heavy atom. The fourth-order valence-electron chi connectivity index (χ4n) is 3.58. The van der Waals surface area contributed by atoms with Crippen molar-refractivity contribution in [2.75, 3.05) is 33.3 Å². The van der Waals surface area contributed by atoms with Crippen molar-refractivity contribution < 1.29 is 40.3 Å². The van der Waals surface area contributed by atoms with Gasteiger partial charge in [-0.25, -0.2) is 13.2 Å². The van der Waals surface area contributed by atoms with Crippen molar-refractivity contribution >= 4 is 21.9 Å². The van der Waals surface area contributed by atoms with Gasteiger partial charge >= 0.3 is 12.1 Å². The van der Waals surface area contributed by atoms with E-state index in [1.165, 1.54) is 24.8 Å². The normalized spacial score (nSPS) is 15.6. The minimum Gasteiger partial charge on any atom is -0.465 e. The predicted molar refractivity (Wildman–Crippen MR) is 106 cm³/mol. The summed E-state index contributed by atoms with van der Waals surface area (Å²) in [5.41, 5.74) is -1.26. The van der Waals surface area contributed by atoms with Crippen LogP contribution in [0.1, 0.15) is 37.8 Å². The molecule has 1 aromatic carbocycles. The predicted octanol–water partition coefficient (Wildman–Crippen LogP) is 2.85. The lowest BCUT2D eigenvalue weighted by molar-refractivity contribution is -0.137. The van der Waals surface area contributed by atoms with Gasteiger partial charge in [-0.2, -0.15) is 17.5 Å². The quantitative estimate of drug-likeness (QED) is 0.633. The average Bonchev–Trinajstić information content (AvgIpc) is 3.06. The van der Waals surface area contributed by atoms with Gasteiger partial charge in [-0.05, 0) is 32.0 Å². The molecular formula is C20H21F3N2O6S. The van der Waals surface area contributed by atoms with Gasteiger partial charge in [-0.15, -0.1) is 0 Å². The molecule has 174 valence electrons. The highest BCUT2D eigenvalue weighted by molar-refractivity contribution is 7.89. The molecule has 32 heavy (non-hydrogen) atoms. The van der Waals surface area contributed by atoms with Gasteiger partial charge in [0, 0.05) is 31.7 Å². The highest BCUT2D eigenvalue weighted by atomic mass is 32.2. The minimum absolute atomic E-state index is 0.0300. The highest BCUT2D eigenvalue weighted by Crippen LogP contribution is 2.31. The van der Waals surface area contributed by atoms with Crippen LogP contribution in [-0.4, -0.2) is 62.8 Å². The first kappa shape index (κ1) is 23.8. The second-order valence-electron chi connectivity index (χ2n) is 7.18. The molecule has 0 radical (unpaired) electrons. The molecule has 2 heterocycles. The monoisotopic (exact) mass is 474 g/mol. The standard InChI is InChI=1S/C20H21F3N2O6S/c1-12-16(19(27)30-3)17(13(2)31-12)32(28,29)25-9-7-24(8-10-25)18(26)14-5-4-6-15(11-14)20(21,22)23/h4-6,11H,7-10H2,1-3H3. The molecule has 1 aliphatic heterocycles. The summed E-state index contributed by atoms with van der Waals surface area (Å²) in [5, 5.41) is 0. The second kappa shape index (κ2) is 8.58. The maximum atomic E-state index is 13.2. The van der Waals surface area contributed by atoms with Crippen LogP contribution in [0.15, 0.2) is 33.6 Å². The molecule has 1 saturated heterocycles. The van der Waals surface area contributed by atoms with E-state index in [1.54, 1.807) is 0 Å². The Kier molecular flexibility index (Phi) is 6.38. The molecule has 1 amide bonds. The van der Waals surface area contributed by atoms with Crippen molar-refractivity contribution in [2.45, 2.75) is 24.9 Å². The molecule has 12 heteroatoms. The summed E-state index contributed by atoms with van der Waals surface area (Å²) in [6, 6.07) is 4.07. The molecule has 1 fully saturated rings. The number of alkyl halides is 3. The molecule has 0 unspecified atom stereocenters. The Morgan fingerprint density at radius 2 is 1.69 bits per heavy atom. The molecule has 0 bridgehead atoms. The number of carbonyl (C=O) groups excluding carboxylic acids is 2. The Labute approximate surface area is 182 Å². The number of halogens is 3. The lowest BCUT2D eigenvalue weighted by Crippen LogP contribution is -2.50. The van der Waals surface area contributed by atoms with Crippen LogP contribution in [0.4, 0.5) is 13.2 Å². The number of carbonyl (C=O) groups is 2. The number of sulfonamides is 1. The third kappa shape index (κ3) is 4.37. The van der Waals surface area contributed by atoms with Gasteiger partial charge in [0.25, 0.3) is 5.91 Å². The smallest absolute Gasteiger partial charge is 0.416 e. The van der Waals surface area contributed by atoms with E-state index < -0.39 is 33.6 Å². The molecule has 0 aliphatic carbocycles. The highest BCUT2D eigenvalue weighted by Gasteiger charge is 2.38. The van der Waals surface area contributed by atoms with Crippen LogP contribution < -0.4 is 0 Å². The molecule has 2 aromatic rings. The van der Waals surface area contributed by atoms with Gasteiger partial charge in [-0.3, -0.25) is 4.79 Å². The fourth-order valence-corrected chi connectivity index (χ4v) is 5.38. The van der Waals surface area contributed by atoms with E-state index in [0.29, 0.717) is 0 Å². The largest absolute Gasteiger partial charge is 0.465 e. The van der Waals surface area contributed by atoms with Gasteiger partial charge in [0.05, 0.1) is 12.7 Å². The van der Waals surface area contributed by atoms with Crippen LogP contribution in [0.3, 0.4) is 0 Å². The number of furan rings is 1. The van der Waals surface area contributed by atoms with Crippen molar-refractivity contribution in [3.8, 4) is 0 Å². The molecule has 3 rings (SSSR count). The van der Waals surface area contributed by atoms with Crippen molar-refractivity contribution in [3.05, 3.63) is 52.5 Å². The van der Waals surface area contributed by atoms with E-state index in [2.05, 4.69) is 4.74 Å². The van der Waals surface area contributed by atoms with Gasteiger partial charge < -0.3 is 14.1 Å². The van der Waals surface area contributed by atoms with Crippen molar-refractivity contribution in [1.82, 2.24) is 9.21 Å². The van der Waals surface area contributed by atoms with E-state index >= 15 is 0 Å². The third-order valence-corrected chi connectivity index (χ3v) is 7.21. The number of esters is 1. The van der Waals surface area contributed by atoms with Gasteiger partial charge in [-0.1, -0.05) is 6.07 Å². The molecule has 8 nitrogen and oxygen atoms in total. The molecule has 0 N–H and O–H groups in total. The van der Waals surface area contributed by atoms with Crippen LogP contribution in [0.2, 0.25) is 0 Å². The first-order chi connectivity index (χ1) is 14.9. The van der Waals surface area contributed by atoms with Crippen LogP contribution in [0, 0.1) is 13.8 Å². The maximum absolute atomic E-state index is 13.2. The van der Waals surface area contributed by atoms with Gasteiger partial charge in [0.1, 0.15) is 22.0 Å². The van der Waals surface area contributed by atoms with E-state index in [1.807, 2.05) is 0 Å². The zero-order valence-corrected chi connectivity index (χ0v) is 18.3. The number of methoxy groups -OCH3 is 1. The Morgan fingerprint density at radius 3 is 2.25 bits per heavy atom. The molecule has 1 aromatic heterocycles. The lowest BCUT2D eigenvalue weighted by Gasteiger charge is -2.34. The first-order valence-corrected chi connectivity index (χ1v) is 11.0. The Hall–Kier alpha value is -2.86. The summed E-state index contributed by atoms with van der Waals surface area (Å²) < 4.78 is 76.3. The van der Waals surface area contributed by atoms with Gasteiger partial charge in [0.2, 0.25) is 10.0 Å². The lowest BCUT2D eigenvalue weighted by atomic mass is 10.1. The molecule has 1 aliphatic rings. The Balaban J connectivity index is 1.79. The average molecular weight is 474 g/mol. The number of benzene rings is 1. The van der Waals surface area contributed by atoms with E-state index in [9.17, 15) is 31.2 Å². The fraction of sp³-hybridized carbons (Fsp3) is 0.400. The second-order valence-corrected chi connectivity index (χ2v) is 9.06. The number of ether oxygens (including phenoxy) is 1. The molecular weight excluding hydrogens is 453 g/mol. The molecule has 0 atom stereocenters. The van der Waals surface area contributed by atoms with Crippen molar-refractivity contribution in [3.63, 3.8) is 0 Å². The summed E-state index contributed by atoms with van der Waals surface area (Å²) in [4.78, 5) is 25.8. The maximum Gasteiger partial charge on any atom is 0.416 e. The summed E-state index contributed by atoms with van der Waals surface area (Å²) in [6.45, 7) is 2.60. The summed E-state index contributed by atoms with van der Waals surface area (Å²) in [7, 11) is -3.02.